The van der Waals surface area contributed by atoms with E-state index in [1.54, 1.807) is 6.26 Å². The van der Waals surface area contributed by atoms with E-state index in [1.807, 2.05) is 31.2 Å². The molecule has 0 saturated heterocycles. The van der Waals surface area contributed by atoms with E-state index in [0.29, 0.717) is 19.0 Å². The van der Waals surface area contributed by atoms with E-state index >= 15 is 0 Å². The Morgan fingerprint density at radius 2 is 2.25 bits per heavy atom. The molecule has 0 unspecified atom stereocenters. The second kappa shape index (κ2) is 4.81. The molecular weight excluding hydrogens is 204 g/mol. The maximum absolute atomic E-state index is 5.56. The highest BCUT2D eigenvalue weighted by molar-refractivity contribution is 5.24. The summed E-state index contributed by atoms with van der Waals surface area (Å²) in [7, 11) is 0. The molecule has 2 aromatic heterocycles. The number of hydrogen-bond donors (Lipinski definition) is 1. The second-order valence-corrected chi connectivity index (χ2v) is 3.47. The number of rotatable bonds is 4. The van der Waals surface area contributed by atoms with E-state index in [9.17, 15) is 0 Å². The highest BCUT2D eigenvalue weighted by Gasteiger charge is 2.02. The summed E-state index contributed by atoms with van der Waals surface area (Å²) in [5.74, 6) is 1.37. The lowest BCUT2D eigenvalue weighted by Crippen LogP contribution is -2.03. The molecule has 0 aliphatic carbocycles. The molecule has 16 heavy (non-hydrogen) atoms. The van der Waals surface area contributed by atoms with Gasteiger partial charge < -0.3 is 14.9 Å². The van der Waals surface area contributed by atoms with Crippen molar-refractivity contribution in [1.29, 1.82) is 0 Å². The van der Waals surface area contributed by atoms with Crippen LogP contribution in [0.25, 0.3) is 0 Å². The molecule has 4 nitrogen and oxygen atoms in total. The Morgan fingerprint density at radius 3 is 2.88 bits per heavy atom. The van der Waals surface area contributed by atoms with Gasteiger partial charge in [0.1, 0.15) is 12.4 Å². The number of pyridine rings is 1. The van der Waals surface area contributed by atoms with Gasteiger partial charge in [-0.3, -0.25) is 0 Å². The van der Waals surface area contributed by atoms with Crippen molar-refractivity contribution in [2.75, 3.05) is 0 Å². The molecule has 0 fully saturated rings. The van der Waals surface area contributed by atoms with Gasteiger partial charge in [0.2, 0.25) is 5.88 Å². The van der Waals surface area contributed by atoms with E-state index in [4.69, 9.17) is 14.9 Å². The van der Waals surface area contributed by atoms with Crippen molar-refractivity contribution in [1.82, 2.24) is 4.98 Å². The predicted molar refractivity (Wildman–Crippen MR) is 59.9 cm³/mol. The summed E-state index contributed by atoms with van der Waals surface area (Å²) >= 11 is 0. The van der Waals surface area contributed by atoms with Gasteiger partial charge in [0.15, 0.2) is 0 Å². The fourth-order valence-electron chi connectivity index (χ4n) is 1.40. The lowest BCUT2D eigenvalue weighted by atomic mass is 10.2. The van der Waals surface area contributed by atoms with E-state index < -0.39 is 0 Å². The second-order valence-electron chi connectivity index (χ2n) is 3.47. The van der Waals surface area contributed by atoms with Crippen LogP contribution in [0.15, 0.2) is 34.9 Å². The number of nitrogens with two attached hydrogens (primary N) is 1. The van der Waals surface area contributed by atoms with Gasteiger partial charge in [0.25, 0.3) is 0 Å². The van der Waals surface area contributed by atoms with Crippen molar-refractivity contribution in [2.45, 2.75) is 20.1 Å². The van der Waals surface area contributed by atoms with Crippen LogP contribution < -0.4 is 10.5 Å². The molecule has 0 radical (unpaired) electrons. The van der Waals surface area contributed by atoms with Crippen LogP contribution in [0.5, 0.6) is 5.88 Å². The minimum atomic E-state index is 0.390. The monoisotopic (exact) mass is 218 g/mol. The Balaban J connectivity index is 2.02. The molecule has 84 valence electrons. The van der Waals surface area contributed by atoms with Gasteiger partial charge in [0, 0.05) is 18.3 Å². The van der Waals surface area contributed by atoms with Crippen molar-refractivity contribution < 1.29 is 9.15 Å². The quantitative estimate of drug-likeness (QED) is 0.852. The van der Waals surface area contributed by atoms with Gasteiger partial charge >= 0.3 is 0 Å². The molecule has 2 rings (SSSR count). The summed E-state index contributed by atoms with van der Waals surface area (Å²) in [6.45, 7) is 2.81. The Kier molecular flexibility index (Phi) is 3.22. The van der Waals surface area contributed by atoms with Crippen LogP contribution in [0.4, 0.5) is 0 Å². The Morgan fingerprint density at radius 1 is 1.38 bits per heavy atom. The first-order chi connectivity index (χ1) is 7.79. The largest absolute Gasteiger partial charge is 0.469 e. The molecule has 0 saturated carbocycles. The third kappa shape index (κ3) is 2.41. The lowest BCUT2D eigenvalue weighted by molar-refractivity contribution is 0.260. The highest BCUT2D eigenvalue weighted by atomic mass is 16.5. The number of hydrogen-bond acceptors (Lipinski definition) is 4. The predicted octanol–water partition coefficient (Wildman–Crippen LogP) is 2.02. The number of ether oxygens (including phenoxy) is 1. The van der Waals surface area contributed by atoms with Crippen LogP contribution in [0, 0.1) is 6.92 Å². The molecule has 2 heterocycles. The van der Waals surface area contributed by atoms with Crippen LogP contribution >= 0.6 is 0 Å². The Labute approximate surface area is 94.1 Å². The number of aromatic nitrogens is 1. The van der Waals surface area contributed by atoms with Crippen LogP contribution in [0.2, 0.25) is 0 Å². The number of furan rings is 1. The molecule has 0 bridgehead atoms. The van der Waals surface area contributed by atoms with Gasteiger partial charge in [-0.05, 0) is 24.6 Å². The van der Waals surface area contributed by atoms with E-state index in [2.05, 4.69) is 4.98 Å². The fraction of sp³-hybridized carbons (Fsp3) is 0.250. The average molecular weight is 218 g/mol. The minimum absolute atomic E-state index is 0.390. The first-order valence-electron chi connectivity index (χ1n) is 5.11. The van der Waals surface area contributed by atoms with E-state index in [-0.39, 0.29) is 0 Å². The molecule has 0 aliphatic rings. The number of nitrogens with zero attached hydrogens (tertiary/aromatic N) is 1. The first kappa shape index (κ1) is 10.7. The highest BCUT2D eigenvalue weighted by Crippen LogP contribution is 2.13. The average Bonchev–Trinajstić information content (AvgIpc) is 2.79. The van der Waals surface area contributed by atoms with Gasteiger partial charge in [-0.15, -0.1) is 0 Å². The topological polar surface area (TPSA) is 61.3 Å². The molecule has 0 atom stereocenters. The normalized spacial score (nSPS) is 10.4. The zero-order valence-electron chi connectivity index (χ0n) is 9.14. The zero-order valence-corrected chi connectivity index (χ0v) is 9.14. The summed E-state index contributed by atoms with van der Waals surface area (Å²) in [6.07, 6.45) is 1.62. The summed E-state index contributed by atoms with van der Waals surface area (Å²) in [5.41, 5.74) is 7.49. The summed E-state index contributed by atoms with van der Waals surface area (Å²) in [6, 6.07) is 7.44. The number of aryl methyl sites for hydroxylation is 1. The van der Waals surface area contributed by atoms with Gasteiger partial charge in [-0.2, -0.15) is 0 Å². The van der Waals surface area contributed by atoms with Crippen molar-refractivity contribution in [2.24, 2.45) is 5.73 Å². The standard InChI is InChI=1S/C12H14N2O2/c1-9-10(7-13)4-5-12(14-9)16-8-11-3-2-6-15-11/h2-6H,7-8,13H2,1H3. The third-order valence-corrected chi connectivity index (χ3v) is 2.33. The summed E-state index contributed by atoms with van der Waals surface area (Å²) in [4.78, 5) is 4.30. The minimum Gasteiger partial charge on any atom is -0.469 e. The van der Waals surface area contributed by atoms with Crippen molar-refractivity contribution in [3.8, 4) is 5.88 Å². The van der Waals surface area contributed by atoms with Crippen molar-refractivity contribution in [3.63, 3.8) is 0 Å². The Bertz CT molecular complexity index is 452. The SMILES string of the molecule is Cc1nc(OCc2ccco2)ccc1CN. The molecular formula is C12H14N2O2. The molecule has 2 aromatic rings. The van der Waals surface area contributed by atoms with Crippen LogP contribution in [0.1, 0.15) is 17.0 Å². The molecule has 0 aliphatic heterocycles. The van der Waals surface area contributed by atoms with E-state index in [0.717, 1.165) is 17.0 Å². The summed E-state index contributed by atoms with van der Waals surface area (Å²) in [5, 5.41) is 0. The molecule has 0 amide bonds. The zero-order chi connectivity index (χ0) is 11.4. The molecule has 2 N–H and O–H groups in total. The van der Waals surface area contributed by atoms with Crippen molar-refractivity contribution in [3.05, 3.63) is 47.5 Å². The third-order valence-electron chi connectivity index (χ3n) is 2.33. The van der Waals surface area contributed by atoms with Gasteiger partial charge in [-0.1, -0.05) is 6.07 Å². The van der Waals surface area contributed by atoms with Crippen LogP contribution in [0.3, 0.4) is 0 Å². The van der Waals surface area contributed by atoms with Crippen molar-refractivity contribution >= 4 is 0 Å². The first-order valence-corrected chi connectivity index (χ1v) is 5.11. The lowest BCUT2D eigenvalue weighted by Gasteiger charge is -2.06. The van der Waals surface area contributed by atoms with E-state index in [1.165, 1.54) is 0 Å². The maximum Gasteiger partial charge on any atom is 0.213 e. The van der Waals surface area contributed by atoms with Gasteiger partial charge in [0.05, 0.1) is 6.26 Å². The molecule has 4 heteroatoms. The Hall–Kier alpha value is -1.81. The fourth-order valence-corrected chi connectivity index (χ4v) is 1.40. The smallest absolute Gasteiger partial charge is 0.213 e. The molecule has 0 spiro atoms. The van der Waals surface area contributed by atoms with Crippen LogP contribution in [-0.2, 0) is 13.2 Å². The maximum atomic E-state index is 5.56. The van der Waals surface area contributed by atoms with Gasteiger partial charge in [-0.25, -0.2) is 4.98 Å². The summed E-state index contributed by atoms with van der Waals surface area (Å²) < 4.78 is 10.6. The molecule has 0 aromatic carbocycles. The van der Waals surface area contributed by atoms with Crippen LogP contribution in [-0.4, -0.2) is 4.98 Å².